The predicted octanol–water partition coefficient (Wildman–Crippen LogP) is 4.71. The highest BCUT2D eigenvalue weighted by Gasteiger charge is 2.13. The van der Waals surface area contributed by atoms with Gasteiger partial charge in [0.2, 0.25) is 6.33 Å². The van der Waals surface area contributed by atoms with Crippen LogP contribution in [0.15, 0.2) is 18.7 Å². The normalized spacial score (nSPS) is 11.9. The molecule has 1 heterocycles. The maximum atomic E-state index is 12.1. The first-order chi connectivity index (χ1) is 18.7. The first-order valence-electron chi connectivity index (χ1n) is 16.0. The number of hydrogen-bond donors (Lipinski definition) is 0. The van der Waals surface area contributed by atoms with Crippen LogP contribution in [-0.4, -0.2) is 43.1 Å². The van der Waals surface area contributed by atoms with E-state index in [-0.39, 0.29) is 42.7 Å². The smallest absolute Gasteiger partial charge is 0.305 e. The molecule has 0 spiro atoms. The van der Waals surface area contributed by atoms with Gasteiger partial charge in [-0.25, -0.2) is 9.13 Å². The number of rotatable bonds is 28. The summed E-state index contributed by atoms with van der Waals surface area (Å²) >= 11 is 0. The average molecular weight is 665 g/mol. The number of nitrogens with zero attached hydrogens (tertiary/aromatic N) is 2. The summed E-state index contributed by atoms with van der Waals surface area (Å²) in [5, 5.41) is 0. The fraction of sp³-hybridized carbons (Fsp3) is 0.875. The van der Waals surface area contributed by atoms with Crippen molar-refractivity contribution >= 4 is 5.97 Å². The summed E-state index contributed by atoms with van der Waals surface area (Å²) < 4.78 is 21.1. The summed E-state index contributed by atoms with van der Waals surface area (Å²) in [6.07, 6.45) is 30.1. The highest BCUT2D eigenvalue weighted by atomic mass is 127. The van der Waals surface area contributed by atoms with Gasteiger partial charge in [0.25, 0.3) is 0 Å². The fourth-order valence-corrected chi connectivity index (χ4v) is 4.80. The molecule has 1 atom stereocenters. The van der Waals surface area contributed by atoms with Gasteiger partial charge in [0, 0.05) is 19.6 Å². The predicted molar refractivity (Wildman–Crippen MR) is 156 cm³/mol. The number of aromatic nitrogens is 2. The largest absolute Gasteiger partial charge is 1.00 e. The monoisotopic (exact) mass is 664 g/mol. The van der Waals surface area contributed by atoms with E-state index in [0.29, 0.717) is 19.6 Å². The van der Waals surface area contributed by atoms with Crippen LogP contribution < -0.4 is 28.5 Å². The Morgan fingerprint density at radius 1 is 0.769 bits per heavy atom. The maximum absolute atomic E-state index is 12.1. The SMILES string of the molecule is CCCCCCCCCCCCCCCCCCOCC(COC(=O)CCCCn1cc[n+](C)c1)OCC.[I-]. The van der Waals surface area contributed by atoms with Crippen LogP contribution in [-0.2, 0) is 32.6 Å². The molecule has 0 aromatic carbocycles. The molecule has 0 saturated heterocycles. The summed E-state index contributed by atoms with van der Waals surface area (Å²) in [5.41, 5.74) is 0. The first-order valence-corrected chi connectivity index (χ1v) is 16.0. The number of imidazole rings is 1. The number of carbonyl (C=O) groups excluding carboxylic acids is 1. The summed E-state index contributed by atoms with van der Waals surface area (Å²) in [7, 11) is 2.01. The second-order valence-corrected chi connectivity index (χ2v) is 10.9. The van der Waals surface area contributed by atoms with E-state index in [0.717, 1.165) is 32.4 Å². The van der Waals surface area contributed by atoms with Gasteiger partial charge in [0.15, 0.2) is 0 Å². The first kappa shape index (κ1) is 38.3. The van der Waals surface area contributed by atoms with Crippen molar-refractivity contribution in [3.63, 3.8) is 0 Å². The number of halogens is 1. The lowest BCUT2D eigenvalue weighted by atomic mass is 10.0. The minimum Gasteiger partial charge on any atom is -1.00 e. The summed E-state index contributed by atoms with van der Waals surface area (Å²) in [6, 6.07) is 0. The Kier molecular flexibility index (Phi) is 28.3. The molecule has 1 unspecified atom stereocenters. The standard InChI is InChI=1S/C32H61N2O4.HI/c1-4-6-7-8-9-10-11-12-13-14-15-16-17-18-19-22-27-36-28-31(37-5-2)29-38-32(35)23-20-21-24-34-26-25-33(3)30-34;/h25-26,30-31H,4-24,27-29H2,1-3H3;1H/q+1;/p-1. The Morgan fingerprint density at radius 3 is 1.85 bits per heavy atom. The molecule has 1 aromatic rings. The Hall–Kier alpha value is -0.670. The molecular weight excluding hydrogens is 603 g/mol. The second-order valence-electron chi connectivity index (χ2n) is 10.9. The zero-order valence-corrected chi connectivity index (χ0v) is 27.8. The highest BCUT2D eigenvalue weighted by molar-refractivity contribution is 5.69. The van der Waals surface area contributed by atoms with Crippen LogP contribution in [0.1, 0.15) is 136 Å². The molecule has 1 aromatic heterocycles. The van der Waals surface area contributed by atoms with Gasteiger partial charge < -0.3 is 38.2 Å². The van der Waals surface area contributed by atoms with Crippen molar-refractivity contribution in [3.8, 4) is 0 Å². The van der Waals surface area contributed by atoms with Crippen molar-refractivity contribution in [1.29, 1.82) is 0 Å². The van der Waals surface area contributed by atoms with Crippen LogP contribution in [0.4, 0.5) is 0 Å². The van der Waals surface area contributed by atoms with Gasteiger partial charge in [-0.3, -0.25) is 4.79 Å². The second kappa shape index (κ2) is 28.8. The Bertz CT molecular complexity index is 656. The zero-order valence-electron chi connectivity index (χ0n) is 25.7. The molecule has 6 nitrogen and oxygen atoms in total. The number of hydrogen-bond acceptors (Lipinski definition) is 4. The number of unbranched alkanes of at least 4 members (excludes halogenated alkanes) is 16. The van der Waals surface area contributed by atoms with Crippen LogP contribution in [0.3, 0.4) is 0 Å². The minimum atomic E-state index is -0.176. The maximum Gasteiger partial charge on any atom is 0.305 e. The molecule has 7 heteroatoms. The highest BCUT2D eigenvalue weighted by Crippen LogP contribution is 2.14. The molecule has 0 amide bonds. The van der Waals surface area contributed by atoms with Crippen molar-refractivity contribution in [2.75, 3.05) is 26.4 Å². The Labute approximate surface area is 258 Å². The molecule has 0 aliphatic rings. The summed E-state index contributed by atoms with van der Waals surface area (Å²) in [5.74, 6) is -0.148. The summed E-state index contributed by atoms with van der Waals surface area (Å²) in [6.45, 7) is 7.29. The number of esters is 1. The molecule has 0 aliphatic carbocycles. The van der Waals surface area contributed by atoms with Crippen LogP contribution in [0.5, 0.6) is 0 Å². The van der Waals surface area contributed by atoms with Crippen molar-refractivity contribution in [2.24, 2.45) is 7.05 Å². The third-order valence-electron chi connectivity index (χ3n) is 7.15. The Morgan fingerprint density at radius 2 is 1.33 bits per heavy atom. The van der Waals surface area contributed by atoms with Gasteiger partial charge in [-0.2, -0.15) is 0 Å². The van der Waals surface area contributed by atoms with Gasteiger partial charge in [-0.05, 0) is 26.2 Å². The molecule has 0 saturated carbocycles. The molecule has 0 radical (unpaired) electrons. The zero-order chi connectivity index (χ0) is 27.5. The lowest BCUT2D eigenvalue weighted by molar-refractivity contribution is -0.671. The number of ether oxygens (including phenoxy) is 3. The van der Waals surface area contributed by atoms with Gasteiger partial charge in [-0.1, -0.05) is 103 Å². The van der Waals surface area contributed by atoms with Crippen LogP contribution in [0.25, 0.3) is 0 Å². The van der Waals surface area contributed by atoms with E-state index in [1.165, 1.54) is 96.3 Å². The molecule has 0 bridgehead atoms. The molecule has 1 rings (SSSR count). The third kappa shape index (κ3) is 24.8. The van der Waals surface area contributed by atoms with E-state index < -0.39 is 0 Å². The van der Waals surface area contributed by atoms with Crippen LogP contribution in [0, 0.1) is 0 Å². The molecular formula is C32H61IN2O4. The van der Waals surface area contributed by atoms with Crippen LogP contribution >= 0.6 is 0 Å². The van der Waals surface area contributed by atoms with E-state index in [2.05, 4.69) is 11.5 Å². The van der Waals surface area contributed by atoms with E-state index in [4.69, 9.17) is 14.2 Å². The number of aryl methyl sites for hydroxylation is 2. The van der Waals surface area contributed by atoms with Crippen molar-refractivity contribution in [2.45, 2.75) is 148 Å². The van der Waals surface area contributed by atoms with E-state index >= 15 is 0 Å². The van der Waals surface area contributed by atoms with Gasteiger partial charge in [0.1, 0.15) is 25.1 Å². The molecule has 0 N–H and O–H groups in total. The summed E-state index contributed by atoms with van der Waals surface area (Å²) in [4.78, 5) is 12.1. The third-order valence-corrected chi connectivity index (χ3v) is 7.15. The van der Waals surface area contributed by atoms with E-state index in [9.17, 15) is 4.79 Å². The van der Waals surface area contributed by atoms with Crippen molar-refractivity contribution in [1.82, 2.24) is 4.57 Å². The lowest BCUT2D eigenvalue weighted by Crippen LogP contribution is -3.00. The molecule has 0 fully saturated rings. The van der Waals surface area contributed by atoms with Gasteiger partial charge in [0.05, 0.1) is 20.2 Å². The van der Waals surface area contributed by atoms with Crippen LogP contribution in [0.2, 0.25) is 0 Å². The molecule has 230 valence electrons. The minimum absolute atomic E-state index is 0. The molecule has 39 heavy (non-hydrogen) atoms. The lowest BCUT2D eigenvalue weighted by Gasteiger charge is -2.17. The quantitative estimate of drug-likeness (QED) is 0.0564. The van der Waals surface area contributed by atoms with Crippen molar-refractivity contribution < 1.29 is 47.5 Å². The molecule has 0 aliphatic heterocycles. The average Bonchev–Trinajstić information content (AvgIpc) is 3.33. The fourth-order valence-electron chi connectivity index (χ4n) is 4.80. The number of carbonyl (C=O) groups is 1. The van der Waals surface area contributed by atoms with E-state index in [1.807, 2.05) is 37.3 Å². The van der Waals surface area contributed by atoms with E-state index in [1.54, 1.807) is 0 Å². The van der Waals surface area contributed by atoms with Gasteiger partial charge in [-0.15, -0.1) is 0 Å². The van der Waals surface area contributed by atoms with Gasteiger partial charge >= 0.3 is 5.97 Å². The topological polar surface area (TPSA) is 53.6 Å². The van der Waals surface area contributed by atoms with Crippen molar-refractivity contribution in [3.05, 3.63) is 18.7 Å². The Balaban J connectivity index is 0.0000144.